The Kier molecular flexibility index (Phi) is 4.61. The van der Waals surface area contributed by atoms with Gasteiger partial charge >= 0.3 is 0 Å². The third kappa shape index (κ3) is 3.63. The number of halogens is 2. The number of benzene rings is 2. The molecule has 0 aliphatic rings. The molecule has 0 saturated carbocycles. The van der Waals surface area contributed by atoms with Crippen LogP contribution in [0.2, 0.25) is 0 Å². The van der Waals surface area contributed by atoms with Crippen molar-refractivity contribution in [2.75, 3.05) is 0 Å². The van der Waals surface area contributed by atoms with Crippen LogP contribution in [0.15, 0.2) is 66.9 Å². The van der Waals surface area contributed by atoms with Gasteiger partial charge in [-0.3, -0.25) is 9.78 Å². The minimum absolute atomic E-state index is 0.232. The van der Waals surface area contributed by atoms with Gasteiger partial charge < -0.3 is 5.32 Å². The fourth-order valence-electron chi connectivity index (χ4n) is 2.36. The average molecular weight is 324 g/mol. The van der Waals surface area contributed by atoms with Crippen molar-refractivity contribution in [1.29, 1.82) is 0 Å². The van der Waals surface area contributed by atoms with E-state index in [0.29, 0.717) is 5.69 Å². The summed E-state index contributed by atoms with van der Waals surface area (Å²) in [4.78, 5) is 16.4. The molecular formula is C19H14F2N2O. The van der Waals surface area contributed by atoms with E-state index in [9.17, 15) is 13.6 Å². The van der Waals surface area contributed by atoms with E-state index in [2.05, 4.69) is 10.3 Å². The number of hydrogen-bond donors (Lipinski definition) is 1. The van der Waals surface area contributed by atoms with Crippen molar-refractivity contribution in [2.24, 2.45) is 0 Å². The largest absolute Gasteiger partial charge is 0.348 e. The fourth-order valence-corrected chi connectivity index (χ4v) is 2.36. The summed E-state index contributed by atoms with van der Waals surface area (Å²) in [5, 5.41) is 2.74. The molecule has 2 aromatic carbocycles. The van der Waals surface area contributed by atoms with Gasteiger partial charge in [0.2, 0.25) is 0 Å². The van der Waals surface area contributed by atoms with Crippen LogP contribution >= 0.6 is 0 Å². The Labute approximate surface area is 138 Å². The molecule has 1 N–H and O–H groups in total. The van der Waals surface area contributed by atoms with Crippen molar-refractivity contribution >= 4 is 5.91 Å². The van der Waals surface area contributed by atoms with Crippen LogP contribution in [0.5, 0.6) is 0 Å². The molecule has 0 aliphatic heterocycles. The molecule has 0 radical (unpaired) electrons. The molecule has 3 nitrogen and oxygen atoms in total. The summed E-state index contributed by atoms with van der Waals surface area (Å²) >= 11 is 0. The van der Waals surface area contributed by atoms with Gasteiger partial charge in [0, 0.05) is 23.9 Å². The van der Waals surface area contributed by atoms with Gasteiger partial charge in [-0.2, -0.15) is 0 Å². The van der Waals surface area contributed by atoms with Gasteiger partial charge in [0.1, 0.15) is 11.6 Å². The summed E-state index contributed by atoms with van der Waals surface area (Å²) in [6.07, 6.45) is 1.64. The monoisotopic (exact) mass is 324 g/mol. The highest BCUT2D eigenvalue weighted by Crippen LogP contribution is 2.21. The lowest BCUT2D eigenvalue weighted by atomic mass is 10.1. The zero-order valence-corrected chi connectivity index (χ0v) is 12.7. The van der Waals surface area contributed by atoms with Gasteiger partial charge in [0.05, 0.1) is 5.69 Å². The molecule has 5 heteroatoms. The Bertz CT molecular complexity index is 863. The summed E-state index contributed by atoms with van der Waals surface area (Å²) in [6.45, 7) is 0.232. The van der Waals surface area contributed by atoms with Crippen molar-refractivity contribution in [3.8, 4) is 11.3 Å². The predicted octanol–water partition coefficient (Wildman–Crippen LogP) is 3.96. The number of pyridine rings is 1. The normalized spacial score (nSPS) is 10.4. The van der Waals surface area contributed by atoms with Crippen LogP contribution in [0.25, 0.3) is 11.3 Å². The summed E-state index contributed by atoms with van der Waals surface area (Å²) in [6, 6.07) is 15.1. The van der Waals surface area contributed by atoms with Gasteiger partial charge in [-0.15, -0.1) is 0 Å². The molecule has 24 heavy (non-hydrogen) atoms. The standard InChI is InChI=1S/C19H14F2N2O/c20-16-8-6-13(7-9-16)18-15(4-2-10-22-18)12-23-19(24)14-3-1-5-17(21)11-14/h1-11H,12H2,(H,23,24). The first-order chi connectivity index (χ1) is 11.6. The van der Waals surface area contributed by atoms with Gasteiger partial charge in [0.25, 0.3) is 5.91 Å². The smallest absolute Gasteiger partial charge is 0.251 e. The zero-order chi connectivity index (χ0) is 16.9. The predicted molar refractivity (Wildman–Crippen MR) is 87.2 cm³/mol. The van der Waals surface area contributed by atoms with E-state index >= 15 is 0 Å². The highest BCUT2D eigenvalue weighted by atomic mass is 19.1. The molecule has 0 fully saturated rings. The SMILES string of the molecule is O=C(NCc1cccnc1-c1ccc(F)cc1)c1cccc(F)c1. The summed E-state index contributed by atoms with van der Waals surface area (Å²) < 4.78 is 26.3. The van der Waals surface area contributed by atoms with Crippen molar-refractivity contribution in [3.05, 3.63) is 89.6 Å². The molecule has 0 bridgehead atoms. The maximum Gasteiger partial charge on any atom is 0.251 e. The van der Waals surface area contributed by atoms with Crippen molar-refractivity contribution in [1.82, 2.24) is 10.3 Å². The van der Waals surface area contributed by atoms with E-state index in [-0.39, 0.29) is 23.8 Å². The number of rotatable bonds is 4. The Balaban J connectivity index is 1.78. The number of hydrogen-bond acceptors (Lipinski definition) is 2. The van der Waals surface area contributed by atoms with Gasteiger partial charge in [-0.25, -0.2) is 8.78 Å². The second-order valence-electron chi connectivity index (χ2n) is 5.21. The van der Waals surface area contributed by atoms with E-state index in [1.165, 1.54) is 30.3 Å². The number of nitrogens with one attached hydrogen (secondary N) is 1. The molecule has 1 amide bonds. The highest BCUT2D eigenvalue weighted by Gasteiger charge is 2.10. The lowest BCUT2D eigenvalue weighted by Crippen LogP contribution is -2.23. The third-order valence-electron chi connectivity index (χ3n) is 3.54. The number of carbonyl (C=O) groups excluding carboxylic acids is 1. The van der Waals surface area contributed by atoms with Crippen molar-refractivity contribution in [2.45, 2.75) is 6.54 Å². The molecule has 0 spiro atoms. The molecule has 0 atom stereocenters. The molecule has 0 aliphatic carbocycles. The molecule has 3 rings (SSSR count). The molecule has 0 unspecified atom stereocenters. The zero-order valence-electron chi connectivity index (χ0n) is 12.7. The first-order valence-corrected chi connectivity index (χ1v) is 7.37. The number of amides is 1. The topological polar surface area (TPSA) is 42.0 Å². The Morgan fingerprint density at radius 1 is 0.958 bits per heavy atom. The van der Waals surface area contributed by atoms with Crippen LogP contribution in [-0.4, -0.2) is 10.9 Å². The maximum atomic E-state index is 13.2. The maximum absolute atomic E-state index is 13.2. The molecular weight excluding hydrogens is 310 g/mol. The van der Waals surface area contributed by atoms with Crippen molar-refractivity contribution < 1.29 is 13.6 Å². The third-order valence-corrected chi connectivity index (χ3v) is 3.54. The van der Waals surface area contributed by atoms with Crippen LogP contribution in [0.3, 0.4) is 0 Å². The fraction of sp³-hybridized carbons (Fsp3) is 0.0526. The second-order valence-corrected chi connectivity index (χ2v) is 5.21. The molecule has 120 valence electrons. The van der Waals surface area contributed by atoms with Gasteiger partial charge in [-0.1, -0.05) is 12.1 Å². The minimum Gasteiger partial charge on any atom is -0.348 e. The van der Waals surface area contributed by atoms with Crippen LogP contribution in [0, 0.1) is 11.6 Å². The lowest BCUT2D eigenvalue weighted by Gasteiger charge is -2.10. The first-order valence-electron chi connectivity index (χ1n) is 7.37. The quantitative estimate of drug-likeness (QED) is 0.789. The van der Waals surface area contributed by atoms with Crippen molar-refractivity contribution in [3.63, 3.8) is 0 Å². The van der Waals surface area contributed by atoms with E-state index in [1.807, 2.05) is 6.07 Å². The summed E-state index contributed by atoms with van der Waals surface area (Å²) in [5.41, 5.74) is 2.46. The second kappa shape index (κ2) is 7.00. The number of carbonyl (C=O) groups is 1. The summed E-state index contributed by atoms with van der Waals surface area (Å²) in [5.74, 6) is -1.16. The van der Waals surface area contributed by atoms with Crippen LogP contribution < -0.4 is 5.32 Å². The van der Waals surface area contributed by atoms with E-state index in [4.69, 9.17) is 0 Å². The first kappa shape index (κ1) is 15.8. The molecule has 1 heterocycles. The van der Waals surface area contributed by atoms with E-state index < -0.39 is 5.82 Å². The number of aromatic nitrogens is 1. The van der Waals surface area contributed by atoms with Gasteiger partial charge in [-0.05, 0) is 54.1 Å². The average Bonchev–Trinajstić information content (AvgIpc) is 2.61. The summed E-state index contributed by atoms with van der Waals surface area (Å²) in [7, 11) is 0. The molecule has 1 aromatic heterocycles. The highest BCUT2D eigenvalue weighted by molar-refractivity contribution is 5.94. The Morgan fingerprint density at radius 2 is 1.75 bits per heavy atom. The van der Waals surface area contributed by atoms with Crippen LogP contribution in [-0.2, 0) is 6.54 Å². The minimum atomic E-state index is -0.462. The molecule has 0 saturated heterocycles. The Morgan fingerprint density at radius 3 is 2.50 bits per heavy atom. The van der Waals surface area contributed by atoms with Crippen LogP contribution in [0.1, 0.15) is 15.9 Å². The van der Waals surface area contributed by atoms with Crippen LogP contribution in [0.4, 0.5) is 8.78 Å². The number of nitrogens with zero attached hydrogens (tertiary/aromatic N) is 1. The van der Waals surface area contributed by atoms with E-state index in [0.717, 1.165) is 11.1 Å². The Hall–Kier alpha value is -3.08. The van der Waals surface area contributed by atoms with Gasteiger partial charge in [0.15, 0.2) is 0 Å². The lowest BCUT2D eigenvalue weighted by molar-refractivity contribution is 0.0950. The van der Waals surface area contributed by atoms with E-state index in [1.54, 1.807) is 30.5 Å². The molecule has 3 aromatic rings.